The lowest BCUT2D eigenvalue weighted by Gasteiger charge is -2.49. The Morgan fingerprint density at radius 2 is 2.07 bits per heavy atom. The van der Waals surface area contributed by atoms with E-state index in [0.29, 0.717) is 0 Å². The Kier molecular flexibility index (Phi) is 2.57. The standard InChI is InChI=1S/C12H17NO/c1-12(10-14)7-8-13(12)9-11-5-3-2-4-6-11/h2-6,14H,7-10H2,1H3. The second kappa shape index (κ2) is 3.71. The van der Waals surface area contributed by atoms with Crippen LogP contribution in [0.1, 0.15) is 18.9 Å². The first-order valence-corrected chi connectivity index (χ1v) is 5.14. The molecule has 2 heteroatoms. The van der Waals surface area contributed by atoms with Crippen LogP contribution in [0.4, 0.5) is 0 Å². The van der Waals surface area contributed by atoms with Crippen molar-refractivity contribution in [1.29, 1.82) is 0 Å². The number of nitrogens with zero attached hydrogens (tertiary/aromatic N) is 1. The summed E-state index contributed by atoms with van der Waals surface area (Å²) in [6.45, 7) is 4.45. The molecule has 0 bridgehead atoms. The molecule has 1 aliphatic heterocycles. The van der Waals surface area contributed by atoms with Gasteiger partial charge in [0.25, 0.3) is 0 Å². The van der Waals surface area contributed by atoms with Gasteiger partial charge >= 0.3 is 0 Å². The van der Waals surface area contributed by atoms with Crippen molar-refractivity contribution in [2.45, 2.75) is 25.4 Å². The summed E-state index contributed by atoms with van der Waals surface area (Å²) in [4.78, 5) is 2.34. The zero-order valence-electron chi connectivity index (χ0n) is 8.61. The summed E-state index contributed by atoms with van der Waals surface area (Å²) >= 11 is 0. The van der Waals surface area contributed by atoms with Gasteiger partial charge in [0.1, 0.15) is 0 Å². The van der Waals surface area contributed by atoms with E-state index in [4.69, 9.17) is 0 Å². The molecule has 1 aromatic carbocycles. The van der Waals surface area contributed by atoms with Gasteiger partial charge < -0.3 is 5.11 Å². The first-order chi connectivity index (χ1) is 6.74. The first kappa shape index (κ1) is 9.69. The lowest BCUT2D eigenvalue weighted by Crippen LogP contribution is -2.59. The van der Waals surface area contributed by atoms with Gasteiger partial charge in [-0.3, -0.25) is 4.90 Å². The molecule has 0 aromatic heterocycles. The van der Waals surface area contributed by atoms with Crippen molar-refractivity contribution in [3.63, 3.8) is 0 Å². The van der Waals surface area contributed by atoms with Crippen LogP contribution in [0, 0.1) is 0 Å². The molecule has 2 nitrogen and oxygen atoms in total. The normalized spacial score (nSPS) is 27.3. The third-order valence-electron chi connectivity index (χ3n) is 3.24. The molecule has 0 spiro atoms. The van der Waals surface area contributed by atoms with E-state index in [1.54, 1.807) is 0 Å². The van der Waals surface area contributed by atoms with Gasteiger partial charge in [-0.1, -0.05) is 30.3 Å². The zero-order valence-corrected chi connectivity index (χ0v) is 8.61. The molecule has 1 atom stereocenters. The number of aliphatic hydroxyl groups is 1. The van der Waals surface area contributed by atoms with E-state index in [1.807, 2.05) is 6.07 Å². The summed E-state index contributed by atoms with van der Waals surface area (Å²) in [5.74, 6) is 0. The van der Waals surface area contributed by atoms with E-state index in [9.17, 15) is 5.11 Å². The summed E-state index contributed by atoms with van der Waals surface area (Å²) in [7, 11) is 0. The average molecular weight is 191 g/mol. The minimum Gasteiger partial charge on any atom is -0.394 e. The highest BCUT2D eigenvalue weighted by atomic mass is 16.3. The molecule has 1 unspecified atom stereocenters. The Labute approximate surface area is 85.2 Å². The quantitative estimate of drug-likeness (QED) is 0.785. The van der Waals surface area contributed by atoms with E-state index in [1.165, 1.54) is 5.56 Å². The molecule has 1 fully saturated rings. The molecule has 2 rings (SSSR count). The maximum atomic E-state index is 9.25. The van der Waals surface area contributed by atoms with Crippen LogP contribution < -0.4 is 0 Å². The Hall–Kier alpha value is -0.860. The van der Waals surface area contributed by atoms with Crippen molar-refractivity contribution in [3.8, 4) is 0 Å². The minimum absolute atomic E-state index is 0.0237. The smallest absolute Gasteiger partial charge is 0.0613 e. The predicted octanol–water partition coefficient (Wildman–Crippen LogP) is 1.64. The van der Waals surface area contributed by atoms with Crippen LogP contribution in [-0.4, -0.2) is 28.7 Å². The van der Waals surface area contributed by atoms with E-state index < -0.39 is 0 Å². The van der Waals surface area contributed by atoms with Crippen LogP contribution in [0.3, 0.4) is 0 Å². The fraction of sp³-hybridized carbons (Fsp3) is 0.500. The molecule has 0 aliphatic carbocycles. The lowest BCUT2D eigenvalue weighted by atomic mass is 9.87. The highest BCUT2D eigenvalue weighted by molar-refractivity contribution is 5.15. The van der Waals surface area contributed by atoms with E-state index in [-0.39, 0.29) is 12.1 Å². The molecule has 14 heavy (non-hydrogen) atoms. The summed E-state index contributed by atoms with van der Waals surface area (Å²) in [6.07, 6.45) is 1.11. The Morgan fingerprint density at radius 3 is 2.57 bits per heavy atom. The van der Waals surface area contributed by atoms with Crippen molar-refractivity contribution < 1.29 is 5.11 Å². The summed E-state index contributed by atoms with van der Waals surface area (Å²) < 4.78 is 0. The number of benzene rings is 1. The molecular weight excluding hydrogens is 174 g/mol. The number of hydrogen-bond donors (Lipinski definition) is 1. The van der Waals surface area contributed by atoms with Crippen LogP contribution in [0.5, 0.6) is 0 Å². The molecule has 1 saturated heterocycles. The number of hydrogen-bond acceptors (Lipinski definition) is 2. The van der Waals surface area contributed by atoms with Gasteiger partial charge in [0, 0.05) is 18.6 Å². The molecule has 1 aromatic rings. The van der Waals surface area contributed by atoms with Crippen molar-refractivity contribution in [2.24, 2.45) is 0 Å². The number of rotatable bonds is 3. The monoisotopic (exact) mass is 191 g/mol. The van der Waals surface area contributed by atoms with Gasteiger partial charge in [0.15, 0.2) is 0 Å². The minimum atomic E-state index is 0.0237. The number of aliphatic hydroxyl groups excluding tert-OH is 1. The maximum absolute atomic E-state index is 9.25. The molecular formula is C12H17NO. The highest BCUT2D eigenvalue weighted by Crippen LogP contribution is 2.30. The summed E-state index contributed by atoms with van der Waals surface area (Å²) in [6, 6.07) is 10.4. The fourth-order valence-electron chi connectivity index (χ4n) is 1.90. The van der Waals surface area contributed by atoms with Crippen molar-refractivity contribution in [2.75, 3.05) is 13.2 Å². The van der Waals surface area contributed by atoms with Gasteiger partial charge in [0.2, 0.25) is 0 Å². The van der Waals surface area contributed by atoms with Crippen LogP contribution in [-0.2, 0) is 6.54 Å². The number of likely N-dealkylation sites (tertiary alicyclic amines) is 1. The Morgan fingerprint density at radius 1 is 1.36 bits per heavy atom. The van der Waals surface area contributed by atoms with Crippen LogP contribution >= 0.6 is 0 Å². The Bertz CT molecular complexity index is 294. The summed E-state index contributed by atoms with van der Waals surface area (Å²) in [5, 5.41) is 9.25. The van der Waals surface area contributed by atoms with Crippen LogP contribution in [0.2, 0.25) is 0 Å². The molecule has 76 valence electrons. The van der Waals surface area contributed by atoms with E-state index in [2.05, 4.69) is 36.1 Å². The maximum Gasteiger partial charge on any atom is 0.0613 e. The Balaban J connectivity index is 1.99. The second-order valence-corrected chi connectivity index (χ2v) is 4.31. The summed E-state index contributed by atoms with van der Waals surface area (Å²) in [5.41, 5.74) is 1.35. The molecule has 1 heterocycles. The topological polar surface area (TPSA) is 23.5 Å². The van der Waals surface area contributed by atoms with Crippen molar-refractivity contribution in [1.82, 2.24) is 4.90 Å². The van der Waals surface area contributed by atoms with Gasteiger partial charge in [-0.05, 0) is 18.9 Å². The first-order valence-electron chi connectivity index (χ1n) is 5.14. The van der Waals surface area contributed by atoms with E-state index >= 15 is 0 Å². The van der Waals surface area contributed by atoms with Gasteiger partial charge in [0.05, 0.1) is 6.61 Å². The molecule has 0 saturated carbocycles. The molecule has 0 radical (unpaired) electrons. The van der Waals surface area contributed by atoms with Crippen molar-refractivity contribution in [3.05, 3.63) is 35.9 Å². The molecule has 0 amide bonds. The average Bonchev–Trinajstić information content (AvgIpc) is 2.25. The highest BCUT2D eigenvalue weighted by Gasteiger charge is 2.39. The van der Waals surface area contributed by atoms with Crippen molar-refractivity contribution >= 4 is 0 Å². The third-order valence-corrected chi connectivity index (χ3v) is 3.24. The van der Waals surface area contributed by atoms with Crippen LogP contribution in [0.25, 0.3) is 0 Å². The van der Waals surface area contributed by atoms with E-state index in [0.717, 1.165) is 19.5 Å². The molecule has 1 aliphatic rings. The van der Waals surface area contributed by atoms with Gasteiger partial charge in [-0.15, -0.1) is 0 Å². The van der Waals surface area contributed by atoms with Gasteiger partial charge in [-0.25, -0.2) is 0 Å². The largest absolute Gasteiger partial charge is 0.394 e. The predicted molar refractivity (Wildman–Crippen MR) is 57.0 cm³/mol. The van der Waals surface area contributed by atoms with Crippen LogP contribution in [0.15, 0.2) is 30.3 Å². The molecule has 1 N–H and O–H groups in total. The SMILES string of the molecule is CC1(CO)CCN1Cc1ccccc1. The zero-order chi connectivity index (χ0) is 10.0. The second-order valence-electron chi connectivity index (χ2n) is 4.31. The fourth-order valence-corrected chi connectivity index (χ4v) is 1.90. The third kappa shape index (κ3) is 1.68. The lowest BCUT2D eigenvalue weighted by molar-refractivity contribution is -0.0462. The van der Waals surface area contributed by atoms with Gasteiger partial charge in [-0.2, -0.15) is 0 Å².